The number of nitrogens with zero attached hydrogens (tertiary/aromatic N) is 4. The third kappa shape index (κ3) is 5.54. The number of aromatic nitrogens is 3. The van der Waals surface area contributed by atoms with Gasteiger partial charge in [-0.3, -0.25) is 4.79 Å². The van der Waals surface area contributed by atoms with Crippen LogP contribution in [0.3, 0.4) is 0 Å². The first-order valence-electron chi connectivity index (χ1n) is 13.9. The Labute approximate surface area is 248 Å². The molecule has 0 unspecified atom stereocenters. The standard InChI is InChI=1S/C32H34N4O5S/c1-6-8-15-35(20(3)37)23-11-13-27-24(18-23)30(22-10-14-28(39-4)29(17-22)40-5)31(32(38)41-7-2)36(27)19-21-9-12-25-26(16-21)34-42-33-25/h9-14,16-18H,6-8,15,19H2,1-5H3. The predicted molar refractivity (Wildman–Crippen MR) is 166 cm³/mol. The highest BCUT2D eigenvalue weighted by Gasteiger charge is 2.27. The molecular weight excluding hydrogens is 552 g/mol. The first-order valence-corrected chi connectivity index (χ1v) is 14.7. The van der Waals surface area contributed by atoms with E-state index in [1.165, 1.54) is 11.7 Å². The van der Waals surface area contributed by atoms with Crippen LogP contribution in [0.15, 0.2) is 54.6 Å². The predicted octanol–water partition coefficient (Wildman–Crippen LogP) is 6.71. The van der Waals surface area contributed by atoms with Gasteiger partial charge in [-0.1, -0.05) is 25.5 Å². The molecule has 10 heteroatoms. The summed E-state index contributed by atoms with van der Waals surface area (Å²) in [5.41, 5.74) is 6.08. The zero-order chi connectivity index (χ0) is 29.8. The molecule has 9 nitrogen and oxygen atoms in total. The molecule has 0 aliphatic carbocycles. The van der Waals surface area contributed by atoms with Crippen LogP contribution in [0, 0.1) is 0 Å². The van der Waals surface area contributed by atoms with Crippen LogP contribution in [0.25, 0.3) is 33.1 Å². The molecule has 0 bridgehead atoms. The molecule has 5 rings (SSSR count). The van der Waals surface area contributed by atoms with Crippen molar-refractivity contribution in [1.29, 1.82) is 0 Å². The number of esters is 1. The van der Waals surface area contributed by atoms with E-state index in [2.05, 4.69) is 15.7 Å². The van der Waals surface area contributed by atoms with Crippen molar-refractivity contribution in [1.82, 2.24) is 13.3 Å². The van der Waals surface area contributed by atoms with Gasteiger partial charge >= 0.3 is 5.97 Å². The van der Waals surface area contributed by atoms with E-state index in [4.69, 9.17) is 14.2 Å². The van der Waals surface area contributed by atoms with Crippen molar-refractivity contribution in [3.05, 3.63) is 65.9 Å². The summed E-state index contributed by atoms with van der Waals surface area (Å²) in [6, 6.07) is 17.4. The molecule has 5 aromatic rings. The number of unbranched alkanes of at least 4 members (excludes halogenated alkanes) is 1. The van der Waals surface area contributed by atoms with Crippen LogP contribution < -0.4 is 14.4 Å². The molecule has 0 saturated heterocycles. The molecule has 0 N–H and O–H groups in total. The highest BCUT2D eigenvalue weighted by atomic mass is 32.1. The molecule has 0 saturated carbocycles. The molecule has 0 aliphatic rings. The number of methoxy groups -OCH3 is 2. The van der Waals surface area contributed by atoms with E-state index in [-0.39, 0.29) is 12.5 Å². The maximum atomic E-state index is 13.8. The van der Waals surface area contributed by atoms with E-state index < -0.39 is 5.97 Å². The van der Waals surface area contributed by atoms with Crippen LogP contribution in [-0.4, -0.2) is 52.6 Å². The Morgan fingerprint density at radius 2 is 1.71 bits per heavy atom. The molecule has 2 aromatic heterocycles. The number of carbonyl (C=O) groups excluding carboxylic acids is 2. The van der Waals surface area contributed by atoms with Gasteiger partial charge in [-0.25, -0.2) is 4.79 Å². The molecule has 0 spiro atoms. The summed E-state index contributed by atoms with van der Waals surface area (Å²) in [5.74, 6) is 0.643. The zero-order valence-electron chi connectivity index (χ0n) is 24.5. The first-order chi connectivity index (χ1) is 20.4. The highest BCUT2D eigenvalue weighted by molar-refractivity contribution is 7.00. The van der Waals surface area contributed by atoms with Gasteiger partial charge < -0.3 is 23.7 Å². The van der Waals surface area contributed by atoms with Crippen molar-refractivity contribution >= 4 is 51.2 Å². The van der Waals surface area contributed by atoms with Gasteiger partial charge in [-0.15, -0.1) is 0 Å². The molecule has 1 amide bonds. The smallest absolute Gasteiger partial charge is 0.355 e. The summed E-state index contributed by atoms with van der Waals surface area (Å²) in [6.07, 6.45) is 1.84. The van der Waals surface area contributed by atoms with E-state index in [1.807, 2.05) is 59.2 Å². The fourth-order valence-electron chi connectivity index (χ4n) is 5.26. The number of anilines is 1. The molecule has 0 atom stereocenters. The Morgan fingerprint density at radius 1 is 0.929 bits per heavy atom. The lowest BCUT2D eigenvalue weighted by molar-refractivity contribution is -0.116. The lowest BCUT2D eigenvalue weighted by Gasteiger charge is -2.21. The number of ether oxygens (including phenoxy) is 3. The van der Waals surface area contributed by atoms with Crippen molar-refractivity contribution in [2.24, 2.45) is 0 Å². The third-order valence-corrected chi connectivity index (χ3v) is 7.83. The van der Waals surface area contributed by atoms with Gasteiger partial charge in [0.1, 0.15) is 16.7 Å². The highest BCUT2D eigenvalue weighted by Crippen LogP contribution is 2.41. The van der Waals surface area contributed by atoms with Crippen molar-refractivity contribution < 1.29 is 23.8 Å². The maximum absolute atomic E-state index is 13.8. The number of carbonyl (C=O) groups is 2. The third-order valence-electron chi connectivity index (χ3n) is 7.27. The molecular formula is C32H34N4O5S. The van der Waals surface area contributed by atoms with Crippen LogP contribution in [0.5, 0.6) is 11.5 Å². The summed E-state index contributed by atoms with van der Waals surface area (Å²) in [5, 5.41) is 0.821. The number of amides is 1. The van der Waals surface area contributed by atoms with Gasteiger partial charge in [0.25, 0.3) is 0 Å². The van der Waals surface area contributed by atoms with Crippen molar-refractivity contribution in [2.45, 2.75) is 40.2 Å². The summed E-state index contributed by atoms with van der Waals surface area (Å²) in [4.78, 5) is 28.2. The monoisotopic (exact) mass is 586 g/mol. The average Bonchev–Trinajstić information content (AvgIpc) is 3.59. The average molecular weight is 587 g/mol. The largest absolute Gasteiger partial charge is 0.493 e. The minimum atomic E-state index is -0.439. The maximum Gasteiger partial charge on any atom is 0.355 e. The van der Waals surface area contributed by atoms with Gasteiger partial charge in [0.2, 0.25) is 5.91 Å². The van der Waals surface area contributed by atoms with Crippen LogP contribution in [-0.2, 0) is 16.1 Å². The second-order valence-corrected chi connectivity index (χ2v) is 10.4. The van der Waals surface area contributed by atoms with Gasteiger partial charge in [0.05, 0.1) is 32.6 Å². The first kappa shape index (κ1) is 29.1. The number of benzene rings is 3. The summed E-state index contributed by atoms with van der Waals surface area (Å²) >= 11 is 1.17. The fraction of sp³-hybridized carbons (Fsp3) is 0.312. The lowest BCUT2D eigenvalue weighted by Crippen LogP contribution is -2.29. The second-order valence-electron chi connectivity index (χ2n) is 9.91. The van der Waals surface area contributed by atoms with Gasteiger partial charge in [-0.2, -0.15) is 8.75 Å². The summed E-state index contributed by atoms with van der Waals surface area (Å²) in [6.45, 7) is 6.70. The SMILES string of the molecule is CCCCN(C(C)=O)c1ccc2c(c1)c(-c1ccc(OC)c(OC)c1)c(C(=O)OCC)n2Cc1ccc2nsnc2c1. The topological polar surface area (TPSA) is 95.8 Å². The Balaban J connectivity index is 1.80. The Hall–Kier alpha value is -4.44. The van der Waals surface area contributed by atoms with E-state index in [0.29, 0.717) is 35.8 Å². The number of hydrogen-bond donors (Lipinski definition) is 0. The Kier molecular flexibility index (Phi) is 8.72. The number of rotatable bonds is 11. The Morgan fingerprint density at radius 3 is 2.43 bits per heavy atom. The number of fused-ring (bicyclic) bond motifs is 2. The summed E-state index contributed by atoms with van der Waals surface area (Å²) in [7, 11) is 3.16. The minimum absolute atomic E-state index is 0.0364. The van der Waals surface area contributed by atoms with Crippen LogP contribution in [0.4, 0.5) is 5.69 Å². The molecule has 42 heavy (non-hydrogen) atoms. The normalized spacial score (nSPS) is 11.2. The fourth-order valence-corrected chi connectivity index (χ4v) is 5.78. The molecule has 0 aliphatic heterocycles. The summed E-state index contributed by atoms with van der Waals surface area (Å²) < 4.78 is 27.4. The van der Waals surface area contributed by atoms with Gasteiger partial charge in [-0.05, 0) is 66.9 Å². The number of hydrogen-bond acceptors (Lipinski definition) is 8. The molecule has 3 aromatic carbocycles. The van der Waals surface area contributed by atoms with Gasteiger partial charge in [0, 0.05) is 42.2 Å². The lowest BCUT2D eigenvalue weighted by atomic mass is 10.0. The quantitative estimate of drug-likeness (QED) is 0.159. The van der Waals surface area contributed by atoms with E-state index in [0.717, 1.165) is 51.6 Å². The van der Waals surface area contributed by atoms with Crippen molar-refractivity contribution in [3.63, 3.8) is 0 Å². The van der Waals surface area contributed by atoms with E-state index >= 15 is 0 Å². The zero-order valence-corrected chi connectivity index (χ0v) is 25.3. The molecule has 0 radical (unpaired) electrons. The van der Waals surface area contributed by atoms with Gasteiger partial charge in [0.15, 0.2) is 11.5 Å². The van der Waals surface area contributed by atoms with Crippen molar-refractivity contribution in [2.75, 3.05) is 32.3 Å². The second kappa shape index (κ2) is 12.6. The van der Waals surface area contributed by atoms with Crippen LogP contribution in [0.2, 0.25) is 0 Å². The molecule has 2 heterocycles. The van der Waals surface area contributed by atoms with E-state index in [1.54, 1.807) is 33.0 Å². The van der Waals surface area contributed by atoms with E-state index in [9.17, 15) is 9.59 Å². The Bertz CT molecular complexity index is 1760. The van der Waals surface area contributed by atoms with Crippen LogP contribution >= 0.6 is 11.7 Å². The van der Waals surface area contributed by atoms with Crippen molar-refractivity contribution in [3.8, 4) is 22.6 Å². The molecule has 218 valence electrons. The van der Waals surface area contributed by atoms with Crippen LogP contribution in [0.1, 0.15) is 49.7 Å². The molecule has 0 fully saturated rings. The minimum Gasteiger partial charge on any atom is -0.493 e.